The molecule has 1 saturated heterocycles. The van der Waals surface area contributed by atoms with E-state index in [0.29, 0.717) is 12.1 Å². The fourth-order valence-corrected chi connectivity index (χ4v) is 2.62. The predicted molar refractivity (Wildman–Crippen MR) is 68.4 cm³/mol. The first kappa shape index (κ1) is 11.6. The van der Waals surface area contributed by atoms with Gasteiger partial charge in [-0.3, -0.25) is 4.90 Å². The lowest BCUT2D eigenvalue weighted by molar-refractivity contribution is 0.209. The molecule has 1 N–H and O–H groups in total. The average Bonchev–Trinajstić information content (AvgIpc) is 2.77. The van der Waals surface area contributed by atoms with Crippen molar-refractivity contribution in [3.63, 3.8) is 0 Å². The van der Waals surface area contributed by atoms with Gasteiger partial charge in [0.15, 0.2) is 0 Å². The lowest BCUT2D eigenvalue weighted by atomic mass is 10.1. The molecule has 0 radical (unpaired) electrons. The van der Waals surface area contributed by atoms with E-state index in [1.165, 1.54) is 24.9 Å². The molecule has 88 valence electrons. The van der Waals surface area contributed by atoms with Crippen molar-refractivity contribution in [3.05, 3.63) is 35.9 Å². The zero-order chi connectivity index (χ0) is 11.4. The van der Waals surface area contributed by atoms with Crippen LogP contribution in [0.1, 0.15) is 25.3 Å². The summed E-state index contributed by atoms with van der Waals surface area (Å²) in [5, 5.41) is 3.38. The Morgan fingerprint density at radius 2 is 2.12 bits per heavy atom. The van der Waals surface area contributed by atoms with E-state index in [-0.39, 0.29) is 0 Å². The van der Waals surface area contributed by atoms with Gasteiger partial charge in [0.1, 0.15) is 0 Å². The number of likely N-dealkylation sites (tertiary alicyclic amines) is 1. The molecule has 2 heteroatoms. The first-order valence-corrected chi connectivity index (χ1v) is 6.26. The van der Waals surface area contributed by atoms with Gasteiger partial charge in [-0.05, 0) is 38.9 Å². The Balaban J connectivity index is 1.99. The number of likely N-dealkylation sites (N-methyl/N-ethyl adjacent to an activating group) is 1. The van der Waals surface area contributed by atoms with Gasteiger partial charge in [-0.15, -0.1) is 0 Å². The van der Waals surface area contributed by atoms with E-state index >= 15 is 0 Å². The van der Waals surface area contributed by atoms with Gasteiger partial charge in [0.05, 0.1) is 0 Å². The van der Waals surface area contributed by atoms with E-state index in [2.05, 4.69) is 54.5 Å². The van der Waals surface area contributed by atoms with Crippen molar-refractivity contribution in [2.45, 2.75) is 38.4 Å². The SMILES string of the molecule is CNC(C)C1CCCN1Cc1ccccc1. The first-order valence-electron chi connectivity index (χ1n) is 6.26. The van der Waals surface area contributed by atoms with Gasteiger partial charge in [0.25, 0.3) is 0 Å². The van der Waals surface area contributed by atoms with Crippen LogP contribution in [0.3, 0.4) is 0 Å². The highest BCUT2D eigenvalue weighted by Gasteiger charge is 2.28. The van der Waals surface area contributed by atoms with Crippen LogP contribution in [0.25, 0.3) is 0 Å². The third-order valence-corrected chi connectivity index (χ3v) is 3.68. The second-order valence-corrected chi connectivity index (χ2v) is 4.74. The number of hydrogen-bond acceptors (Lipinski definition) is 2. The van der Waals surface area contributed by atoms with Crippen LogP contribution in [0.4, 0.5) is 0 Å². The Morgan fingerprint density at radius 1 is 1.38 bits per heavy atom. The monoisotopic (exact) mass is 218 g/mol. The Bertz CT molecular complexity index is 310. The molecule has 1 aliphatic rings. The highest BCUT2D eigenvalue weighted by molar-refractivity contribution is 5.15. The van der Waals surface area contributed by atoms with E-state index < -0.39 is 0 Å². The first-order chi connectivity index (χ1) is 7.81. The van der Waals surface area contributed by atoms with Gasteiger partial charge in [0, 0.05) is 18.6 Å². The van der Waals surface area contributed by atoms with E-state index in [4.69, 9.17) is 0 Å². The molecule has 0 bridgehead atoms. The van der Waals surface area contributed by atoms with E-state index in [1.54, 1.807) is 0 Å². The molecule has 1 aliphatic heterocycles. The lowest BCUT2D eigenvalue weighted by Crippen LogP contribution is -2.43. The van der Waals surface area contributed by atoms with E-state index in [0.717, 1.165) is 6.54 Å². The maximum atomic E-state index is 3.38. The summed E-state index contributed by atoms with van der Waals surface area (Å²) in [4.78, 5) is 2.61. The van der Waals surface area contributed by atoms with Crippen molar-refractivity contribution < 1.29 is 0 Å². The van der Waals surface area contributed by atoms with Gasteiger partial charge in [-0.25, -0.2) is 0 Å². The third kappa shape index (κ3) is 2.63. The fraction of sp³-hybridized carbons (Fsp3) is 0.571. The normalized spacial score (nSPS) is 23.5. The number of nitrogens with zero attached hydrogens (tertiary/aromatic N) is 1. The van der Waals surface area contributed by atoms with Crippen LogP contribution in [0, 0.1) is 0 Å². The molecular formula is C14H22N2. The summed E-state index contributed by atoms with van der Waals surface area (Å²) in [5.74, 6) is 0. The highest BCUT2D eigenvalue weighted by Crippen LogP contribution is 2.22. The Hall–Kier alpha value is -0.860. The Labute approximate surface area is 98.7 Å². The predicted octanol–water partition coefficient (Wildman–Crippen LogP) is 2.26. The molecule has 2 atom stereocenters. The van der Waals surface area contributed by atoms with Crippen molar-refractivity contribution in [3.8, 4) is 0 Å². The molecule has 0 aliphatic carbocycles. The molecule has 1 aromatic rings. The molecule has 1 heterocycles. The molecule has 1 fully saturated rings. The van der Waals surface area contributed by atoms with E-state index in [9.17, 15) is 0 Å². The van der Waals surface area contributed by atoms with Crippen LogP contribution >= 0.6 is 0 Å². The standard InChI is InChI=1S/C14H22N2/c1-12(15-2)14-9-6-10-16(14)11-13-7-4-3-5-8-13/h3-5,7-8,12,14-15H,6,9-11H2,1-2H3. The second-order valence-electron chi connectivity index (χ2n) is 4.74. The summed E-state index contributed by atoms with van der Waals surface area (Å²) in [5.41, 5.74) is 1.43. The van der Waals surface area contributed by atoms with Crippen LogP contribution < -0.4 is 5.32 Å². The second kappa shape index (κ2) is 5.46. The molecular weight excluding hydrogens is 196 g/mol. The van der Waals surface area contributed by atoms with Crippen molar-refractivity contribution in [2.75, 3.05) is 13.6 Å². The average molecular weight is 218 g/mol. The zero-order valence-electron chi connectivity index (χ0n) is 10.3. The summed E-state index contributed by atoms with van der Waals surface area (Å²) in [7, 11) is 2.06. The Morgan fingerprint density at radius 3 is 2.81 bits per heavy atom. The van der Waals surface area contributed by atoms with Gasteiger partial charge in [-0.1, -0.05) is 30.3 Å². The minimum absolute atomic E-state index is 0.589. The summed E-state index contributed by atoms with van der Waals surface area (Å²) in [6.07, 6.45) is 2.67. The summed E-state index contributed by atoms with van der Waals surface area (Å²) in [6.45, 7) is 4.62. The lowest BCUT2D eigenvalue weighted by Gasteiger charge is -2.29. The molecule has 0 saturated carbocycles. The molecule has 1 aromatic carbocycles. The molecule has 16 heavy (non-hydrogen) atoms. The maximum absolute atomic E-state index is 3.38. The van der Waals surface area contributed by atoms with Gasteiger partial charge in [0.2, 0.25) is 0 Å². The molecule has 2 unspecified atom stereocenters. The Kier molecular flexibility index (Phi) is 3.97. The van der Waals surface area contributed by atoms with E-state index in [1.807, 2.05) is 0 Å². The van der Waals surface area contributed by atoms with Crippen molar-refractivity contribution >= 4 is 0 Å². The molecule has 0 amide bonds. The van der Waals surface area contributed by atoms with Gasteiger partial charge in [-0.2, -0.15) is 0 Å². The van der Waals surface area contributed by atoms with Crippen LogP contribution in [0.15, 0.2) is 30.3 Å². The van der Waals surface area contributed by atoms with Crippen molar-refractivity contribution in [1.29, 1.82) is 0 Å². The summed E-state index contributed by atoms with van der Waals surface area (Å²) >= 11 is 0. The summed E-state index contributed by atoms with van der Waals surface area (Å²) in [6, 6.07) is 12.1. The fourth-order valence-electron chi connectivity index (χ4n) is 2.62. The quantitative estimate of drug-likeness (QED) is 0.834. The number of rotatable bonds is 4. The summed E-state index contributed by atoms with van der Waals surface area (Å²) < 4.78 is 0. The number of nitrogens with one attached hydrogen (secondary N) is 1. The number of hydrogen-bond donors (Lipinski definition) is 1. The highest BCUT2D eigenvalue weighted by atomic mass is 15.2. The van der Waals surface area contributed by atoms with Crippen molar-refractivity contribution in [1.82, 2.24) is 10.2 Å². The molecule has 2 nitrogen and oxygen atoms in total. The molecule has 0 spiro atoms. The largest absolute Gasteiger partial charge is 0.316 e. The van der Waals surface area contributed by atoms with Crippen LogP contribution in [0.2, 0.25) is 0 Å². The molecule has 0 aromatic heterocycles. The number of benzene rings is 1. The van der Waals surface area contributed by atoms with Crippen molar-refractivity contribution in [2.24, 2.45) is 0 Å². The third-order valence-electron chi connectivity index (χ3n) is 3.68. The van der Waals surface area contributed by atoms with Gasteiger partial charge < -0.3 is 5.32 Å². The van der Waals surface area contributed by atoms with Crippen LogP contribution in [-0.2, 0) is 6.54 Å². The minimum Gasteiger partial charge on any atom is -0.316 e. The smallest absolute Gasteiger partial charge is 0.0250 e. The van der Waals surface area contributed by atoms with Crippen LogP contribution in [-0.4, -0.2) is 30.6 Å². The van der Waals surface area contributed by atoms with Crippen LogP contribution in [0.5, 0.6) is 0 Å². The minimum atomic E-state index is 0.589. The van der Waals surface area contributed by atoms with Gasteiger partial charge >= 0.3 is 0 Å². The zero-order valence-corrected chi connectivity index (χ0v) is 10.3. The maximum Gasteiger partial charge on any atom is 0.0250 e. The topological polar surface area (TPSA) is 15.3 Å². The molecule has 2 rings (SSSR count).